The van der Waals surface area contributed by atoms with E-state index in [9.17, 15) is 0 Å². The summed E-state index contributed by atoms with van der Waals surface area (Å²) in [4.78, 5) is 7.23. The maximum absolute atomic E-state index is 4.63. The molecular weight excluding hydrogens is 246 g/mol. The van der Waals surface area contributed by atoms with Gasteiger partial charge in [0.05, 0.1) is 5.69 Å². The Hall–Kier alpha value is -0.930. The zero-order valence-corrected chi connectivity index (χ0v) is 13.2. The Labute approximate surface area is 123 Å². The van der Waals surface area contributed by atoms with Crippen molar-refractivity contribution in [2.24, 2.45) is 5.92 Å². The van der Waals surface area contributed by atoms with Crippen LogP contribution in [0.2, 0.25) is 0 Å². The van der Waals surface area contributed by atoms with Crippen LogP contribution >= 0.6 is 0 Å². The fraction of sp³-hybridized carbons (Fsp3) is 0.706. The van der Waals surface area contributed by atoms with E-state index in [2.05, 4.69) is 48.1 Å². The van der Waals surface area contributed by atoms with Gasteiger partial charge in [0.2, 0.25) is 0 Å². The minimum absolute atomic E-state index is 0.739. The molecule has 1 aliphatic rings. The molecule has 0 spiro atoms. The van der Waals surface area contributed by atoms with Gasteiger partial charge in [0, 0.05) is 25.3 Å². The Morgan fingerprint density at radius 1 is 1.40 bits per heavy atom. The van der Waals surface area contributed by atoms with E-state index in [0.29, 0.717) is 0 Å². The number of hydrogen-bond donors (Lipinski definition) is 1. The molecule has 0 aliphatic carbocycles. The highest BCUT2D eigenvalue weighted by Crippen LogP contribution is 2.25. The van der Waals surface area contributed by atoms with Gasteiger partial charge in [-0.25, -0.2) is 0 Å². The lowest BCUT2D eigenvalue weighted by Crippen LogP contribution is -2.33. The first-order valence-electron chi connectivity index (χ1n) is 8.09. The Morgan fingerprint density at radius 2 is 2.25 bits per heavy atom. The van der Waals surface area contributed by atoms with Crippen LogP contribution in [0.5, 0.6) is 0 Å². The molecule has 0 bridgehead atoms. The number of nitrogens with one attached hydrogen (secondary N) is 1. The smallest absolute Gasteiger partial charge is 0.0544 e. The topological polar surface area (TPSA) is 28.2 Å². The maximum atomic E-state index is 4.63. The van der Waals surface area contributed by atoms with E-state index >= 15 is 0 Å². The second kappa shape index (κ2) is 7.75. The summed E-state index contributed by atoms with van der Waals surface area (Å²) in [7, 11) is 0. The van der Waals surface area contributed by atoms with E-state index in [1.165, 1.54) is 37.1 Å². The molecule has 2 heterocycles. The van der Waals surface area contributed by atoms with Crippen molar-refractivity contribution in [1.82, 2.24) is 15.2 Å². The molecule has 1 saturated heterocycles. The van der Waals surface area contributed by atoms with Crippen LogP contribution in [0.1, 0.15) is 51.3 Å². The van der Waals surface area contributed by atoms with Crippen molar-refractivity contribution in [1.29, 1.82) is 0 Å². The van der Waals surface area contributed by atoms with Gasteiger partial charge in [0.15, 0.2) is 0 Å². The lowest BCUT2D eigenvalue weighted by atomic mass is 10.0. The standard InChI is InChI=1S/C17H29N3/c1-4-9-18-11-15-7-8-16(19-12-15)13-20-10-5-6-17(20)14(2)3/h7-8,12,14,17-18H,4-6,9-11,13H2,1-3H3. The SMILES string of the molecule is CCCNCc1ccc(CN2CCCC2C(C)C)nc1. The Balaban J connectivity index is 1.87. The zero-order valence-electron chi connectivity index (χ0n) is 13.2. The molecular formula is C17H29N3. The summed E-state index contributed by atoms with van der Waals surface area (Å²) in [5.74, 6) is 0.745. The van der Waals surface area contributed by atoms with Crippen molar-refractivity contribution < 1.29 is 0 Å². The number of hydrogen-bond acceptors (Lipinski definition) is 3. The van der Waals surface area contributed by atoms with E-state index < -0.39 is 0 Å². The van der Waals surface area contributed by atoms with Crippen LogP contribution in [0.25, 0.3) is 0 Å². The molecule has 1 atom stereocenters. The van der Waals surface area contributed by atoms with Crippen molar-refractivity contribution >= 4 is 0 Å². The van der Waals surface area contributed by atoms with Crippen molar-refractivity contribution in [2.45, 2.75) is 59.2 Å². The summed E-state index contributed by atoms with van der Waals surface area (Å²) in [5.41, 5.74) is 2.49. The molecule has 3 heteroatoms. The fourth-order valence-electron chi connectivity index (χ4n) is 3.07. The summed E-state index contributed by atoms with van der Waals surface area (Å²) in [6, 6.07) is 5.15. The highest BCUT2D eigenvalue weighted by molar-refractivity contribution is 5.14. The first-order valence-corrected chi connectivity index (χ1v) is 8.09. The summed E-state index contributed by atoms with van der Waals surface area (Å²) in [5, 5.41) is 3.42. The molecule has 1 fully saturated rings. The molecule has 0 aromatic carbocycles. The average Bonchev–Trinajstić information content (AvgIpc) is 2.89. The van der Waals surface area contributed by atoms with E-state index in [0.717, 1.165) is 31.6 Å². The summed E-state index contributed by atoms with van der Waals surface area (Å²) in [6.45, 7) is 11.1. The van der Waals surface area contributed by atoms with E-state index in [1.807, 2.05) is 6.20 Å². The molecule has 0 saturated carbocycles. The lowest BCUT2D eigenvalue weighted by Gasteiger charge is -2.27. The van der Waals surface area contributed by atoms with E-state index in [1.54, 1.807) is 0 Å². The van der Waals surface area contributed by atoms with Gasteiger partial charge in [-0.15, -0.1) is 0 Å². The quantitative estimate of drug-likeness (QED) is 0.775. The second-order valence-corrected chi connectivity index (χ2v) is 6.26. The Bertz CT molecular complexity index is 386. The number of rotatable bonds is 7. The van der Waals surface area contributed by atoms with Crippen LogP contribution in [0.15, 0.2) is 18.3 Å². The number of likely N-dealkylation sites (tertiary alicyclic amines) is 1. The summed E-state index contributed by atoms with van der Waals surface area (Å²) >= 11 is 0. The summed E-state index contributed by atoms with van der Waals surface area (Å²) < 4.78 is 0. The van der Waals surface area contributed by atoms with Crippen molar-refractivity contribution in [3.8, 4) is 0 Å². The van der Waals surface area contributed by atoms with Gasteiger partial charge in [-0.05, 0) is 49.9 Å². The minimum atomic E-state index is 0.739. The number of nitrogens with zero attached hydrogens (tertiary/aromatic N) is 2. The van der Waals surface area contributed by atoms with Gasteiger partial charge in [-0.3, -0.25) is 9.88 Å². The normalized spacial score (nSPS) is 19.9. The molecule has 1 aliphatic heterocycles. The van der Waals surface area contributed by atoms with Gasteiger partial charge in [0.25, 0.3) is 0 Å². The van der Waals surface area contributed by atoms with Crippen molar-refractivity contribution in [3.63, 3.8) is 0 Å². The molecule has 3 nitrogen and oxygen atoms in total. The molecule has 2 rings (SSSR count). The van der Waals surface area contributed by atoms with Crippen LogP contribution in [-0.4, -0.2) is 29.0 Å². The fourth-order valence-corrected chi connectivity index (χ4v) is 3.07. The minimum Gasteiger partial charge on any atom is -0.313 e. The zero-order chi connectivity index (χ0) is 14.4. The molecule has 0 radical (unpaired) electrons. The largest absolute Gasteiger partial charge is 0.313 e. The van der Waals surface area contributed by atoms with Gasteiger partial charge in [-0.2, -0.15) is 0 Å². The van der Waals surface area contributed by atoms with Gasteiger partial charge >= 0.3 is 0 Å². The van der Waals surface area contributed by atoms with Crippen molar-refractivity contribution in [2.75, 3.05) is 13.1 Å². The molecule has 1 aromatic rings. The predicted octanol–water partition coefficient (Wildman–Crippen LogP) is 3.20. The van der Waals surface area contributed by atoms with Gasteiger partial charge in [-0.1, -0.05) is 26.8 Å². The number of aromatic nitrogens is 1. The monoisotopic (exact) mass is 275 g/mol. The Morgan fingerprint density at radius 3 is 2.90 bits per heavy atom. The lowest BCUT2D eigenvalue weighted by molar-refractivity contribution is 0.196. The average molecular weight is 275 g/mol. The van der Waals surface area contributed by atoms with Crippen LogP contribution in [-0.2, 0) is 13.1 Å². The third-order valence-corrected chi connectivity index (χ3v) is 4.19. The summed E-state index contributed by atoms with van der Waals surface area (Å²) in [6.07, 6.45) is 5.88. The Kier molecular flexibility index (Phi) is 5.99. The number of pyridine rings is 1. The van der Waals surface area contributed by atoms with Crippen LogP contribution in [0.4, 0.5) is 0 Å². The van der Waals surface area contributed by atoms with Gasteiger partial charge < -0.3 is 5.32 Å². The van der Waals surface area contributed by atoms with E-state index in [-0.39, 0.29) is 0 Å². The third-order valence-electron chi connectivity index (χ3n) is 4.19. The molecule has 0 amide bonds. The first-order chi connectivity index (χ1) is 9.70. The second-order valence-electron chi connectivity index (χ2n) is 6.26. The maximum Gasteiger partial charge on any atom is 0.0544 e. The third kappa shape index (κ3) is 4.29. The van der Waals surface area contributed by atoms with Crippen LogP contribution in [0, 0.1) is 5.92 Å². The van der Waals surface area contributed by atoms with Crippen LogP contribution in [0.3, 0.4) is 0 Å². The molecule has 20 heavy (non-hydrogen) atoms. The highest BCUT2D eigenvalue weighted by atomic mass is 15.2. The van der Waals surface area contributed by atoms with Crippen LogP contribution < -0.4 is 5.32 Å². The first kappa shape index (κ1) is 15.5. The van der Waals surface area contributed by atoms with E-state index in [4.69, 9.17) is 0 Å². The van der Waals surface area contributed by atoms with Crippen molar-refractivity contribution in [3.05, 3.63) is 29.6 Å². The molecule has 112 valence electrons. The molecule has 1 aromatic heterocycles. The van der Waals surface area contributed by atoms with Gasteiger partial charge in [0.1, 0.15) is 0 Å². The predicted molar refractivity (Wildman–Crippen MR) is 84.5 cm³/mol. The molecule has 1 N–H and O–H groups in total. The molecule has 1 unspecified atom stereocenters. The highest BCUT2D eigenvalue weighted by Gasteiger charge is 2.26.